The molecule has 1 atom stereocenters. The minimum absolute atomic E-state index is 0.102. The molecule has 1 aromatic rings. The molecule has 2 aliphatic rings. The highest BCUT2D eigenvalue weighted by molar-refractivity contribution is 5.90. The summed E-state index contributed by atoms with van der Waals surface area (Å²) in [6.45, 7) is 8.17. The molecule has 0 aromatic carbocycles. The molecule has 3 heterocycles. The maximum absolute atomic E-state index is 12.5. The number of hydrogen-bond donors (Lipinski definition) is 1. The van der Waals surface area contributed by atoms with E-state index in [9.17, 15) is 9.59 Å². The van der Waals surface area contributed by atoms with Gasteiger partial charge in [0.05, 0.1) is 7.11 Å². The Kier molecular flexibility index (Phi) is 7.13. The Bertz CT molecular complexity index is 746. The van der Waals surface area contributed by atoms with Crippen molar-refractivity contribution in [3.05, 3.63) is 23.2 Å². The summed E-state index contributed by atoms with van der Waals surface area (Å²) in [5, 5.41) is 3.29. The molecular formula is C20H30N4O5. The van der Waals surface area contributed by atoms with Gasteiger partial charge in [-0.2, -0.15) is 0 Å². The molecule has 2 aliphatic heterocycles. The van der Waals surface area contributed by atoms with Gasteiger partial charge in [-0.15, -0.1) is 0 Å². The molecule has 0 saturated carbocycles. The summed E-state index contributed by atoms with van der Waals surface area (Å²) in [5.74, 6) is 1.58. The van der Waals surface area contributed by atoms with Crippen LogP contribution in [0.3, 0.4) is 0 Å². The van der Waals surface area contributed by atoms with E-state index < -0.39 is 5.97 Å². The van der Waals surface area contributed by atoms with E-state index in [4.69, 9.17) is 13.9 Å². The Hall–Kier alpha value is -2.55. The fourth-order valence-corrected chi connectivity index (χ4v) is 3.63. The van der Waals surface area contributed by atoms with Crippen molar-refractivity contribution in [2.24, 2.45) is 4.99 Å². The third kappa shape index (κ3) is 5.09. The highest BCUT2D eigenvalue weighted by Crippen LogP contribution is 2.18. The highest BCUT2D eigenvalue weighted by atomic mass is 16.5. The van der Waals surface area contributed by atoms with Gasteiger partial charge in [0.2, 0.25) is 0 Å². The molecule has 0 radical (unpaired) electrons. The predicted octanol–water partition coefficient (Wildman–Crippen LogP) is 1.16. The molecule has 160 valence electrons. The number of nitrogens with zero attached hydrogens (tertiary/aromatic N) is 3. The smallest absolute Gasteiger partial charge is 0.341 e. The van der Waals surface area contributed by atoms with E-state index in [1.54, 1.807) is 13.0 Å². The van der Waals surface area contributed by atoms with E-state index in [1.807, 2.05) is 11.8 Å². The molecule has 3 rings (SSSR count). The van der Waals surface area contributed by atoms with Crippen LogP contribution in [-0.4, -0.2) is 80.2 Å². The van der Waals surface area contributed by atoms with Crippen LogP contribution in [0.5, 0.6) is 0 Å². The van der Waals surface area contributed by atoms with Gasteiger partial charge in [-0.05, 0) is 32.8 Å². The second kappa shape index (κ2) is 9.78. The monoisotopic (exact) mass is 406 g/mol. The van der Waals surface area contributed by atoms with Gasteiger partial charge in [-0.25, -0.2) is 9.79 Å². The van der Waals surface area contributed by atoms with Crippen LogP contribution in [-0.2, 0) is 20.8 Å². The Morgan fingerprint density at radius 1 is 1.28 bits per heavy atom. The molecule has 1 N–H and O–H groups in total. The van der Waals surface area contributed by atoms with Gasteiger partial charge in [0.25, 0.3) is 5.91 Å². The van der Waals surface area contributed by atoms with Crippen LogP contribution >= 0.6 is 0 Å². The van der Waals surface area contributed by atoms with Crippen LogP contribution in [0.2, 0.25) is 0 Å². The summed E-state index contributed by atoms with van der Waals surface area (Å²) in [5.41, 5.74) is 0.420. The summed E-state index contributed by atoms with van der Waals surface area (Å²) in [4.78, 5) is 32.9. The standard InChI is InChI=1S/C20H30N4O5/c1-4-21-20(22-13-15-12-16(14(2)29-15)19(26)27-3)24-9-7-23(8-10-24)18(25)17-6-5-11-28-17/h12,17H,4-11,13H2,1-3H3,(H,21,22). The van der Waals surface area contributed by atoms with Gasteiger partial charge in [0.1, 0.15) is 29.7 Å². The van der Waals surface area contributed by atoms with Gasteiger partial charge in [0.15, 0.2) is 5.96 Å². The van der Waals surface area contributed by atoms with Crippen LogP contribution in [0.15, 0.2) is 15.5 Å². The number of furan rings is 1. The number of ether oxygens (including phenoxy) is 2. The molecule has 29 heavy (non-hydrogen) atoms. The molecular weight excluding hydrogens is 376 g/mol. The van der Waals surface area contributed by atoms with Crippen LogP contribution in [0, 0.1) is 6.92 Å². The Labute approximate surface area is 171 Å². The zero-order valence-electron chi connectivity index (χ0n) is 17.4. The largest absolute Gasteiger partial charge is 0.465 e. The van der Waals surface area contributed by atoms with Crippen LogP contribution in [0.4, 0.5) is 0 Å². The minimum Gasteiger partial charge on any atom is -0.465 e. The van der Waals surface area contributed by atoms with E-state index in [1.165, 1.54) is 7.11 Å². The number of amides is 1. The highest BCUT2D eigenvalue weighted by Gasteiger charge is 2.31. The van der Waals surface area contributed by atoms with E-state index in [0.717, 1.165) is 25.3 Å². The van der Waals surface area contributed by atoms with Crippen molar-refractivity contribution < 1.29 is 23.5 Å². The van der Waals surface area contributed by atoms with E-state index >= 15 is 0 Å². The third-order valence-corrected chi connectivity index (χ3v) is 5.19. The molecule has 9 nitrogen and oxygen atoms in total. The van der Waals surface area contributed by atoms with Gasteiger partial charge < -0.3 is 29.0 Å². The third-order valence-electron chi connectivity index (χ3n) is 5.19. The Morgan fingerprint density at radius 3 is 2.62 bits per heavy atom. The van der Waals surface area contributed by atoms with Crippen molar-refractivity contribution in [1.29, 1.82) is 0 Å². The van der Waals surface area contributed by atoms with E-state index in [2.05, 4.69) is 15.2 Å². The van der Waals surface area contributed by atoms with Crippen molar-refractivity contribution >= 4 is 17.8 Å². The second-order valence-electron chi connectivity index (χ2n) is 7.16. The average Bonchev–Trinajstić information content (AvgIpc) is 3.40. The maximum atomic E-state index is 12.5. The molecule has 1 amide bonds. The number of piperazine rings is 1. The SMILES string of the molecule is CCNC(=NCc1cc(C(=O)OC)c(C)o1)N1CCN(C(=O)C2CCCO2)CC1. The van der Waals surface area contributed by atoms with Crippen molar-refractivity contribution in [3.63, 3.8) is 0 Å². The summed E-state index contributed by atoms with van der Waals surface area (Å²) in [7, 11) is 1.35. The molecule has 1 unspecified atom stereocenters. The lowest BCUT2D eigenvalue weighted by Gasteiger charge is -2.37. The lowest BCUT2D eigenvalue weighted by molar-refractivity contribution is -0.142. The second-order valence-corrected chi connectivity index (χ2v) is 7.16. The van der Waals surface area contributed by atoms with Crippen LogP contribution in [0.1, 0.15) is 41.6 Å². The predicted molar refractivity (Wildman–Crippen MR) is 107 cm³/mol. The van der Waals surface area contributed by atoms with Crippen molar-refractivity contribution in [2.45, 2.75) is 39.3 Å². The number of rotatable bonds is 5. The van der Waals surface area contributed by atoms with E-state index in [0.29, 0.717) is 56.4 Å². The normalized spacial score (nSPS) is 20.1. The Balaban J connectivity index is 1.60. The first-order valence-corrected chi connectivity index (χ1v) is 10.1. The first-order valence-electron chi connectivity index (χ1n) is 10.1. The summed E-state index contributed by atoms with van der Waals surface area (Å²) < 4.78 is 15.9. The molecule has 2 fully saturated rings. The summed E-state index contributed by atoms with van der Waals surface area (Å²) >= 11 is 0. The minimum atomic E-state index is -0.416. The fourth-order valence-electron chi connectivity index (χ4n) is 3.63. The molecule has 0 aliphatic carbocycles. The zero-order chi connectivity index (χ0) is 20.8. The van der Waals surface area contributed by atoms with Crippen LogP contribution < -0.4 is 5.32 Å². The van der Waals surface area contributed by atoms with Gasteiger partial charge >= 0.3 is 5.97 Å². The van der Waals surface area contributed by atoms with Gasteiger partial charge in [-0.1, -0.05) is 0 Å². The number of carbonyl (C=O) groups excluding carboxylic acids is 2. The van der Waals surface area contributed by atoms with Crippen molar-refractivity contribution in [3.8, 4) is 0 Å². The summed E-state index contributed by atoms with van der Waals surface area (Å²) in [6.07, 6.45) is 1.51. The number of aryl methyl sites for hydroxylation is 1. The summed E-state index contributed by atoms with van der Waals surface area (Å²) in [6, 6.07) is 1.67. The van der Waals surface area contributed by atoms with Gasteiger partial charge in [0, 0.05) is 39.3 Å². The maximum Gasteiger partial charge on any atom is 0.341 e. The molecule has 1 aromatic heterocycles. The average molecular weight is 406 g/mol. The Morgan fingerprint density at radius 2 is 2.00 bits per heavy atom. The lowest BCUT2D eigenvalue weighted by Crippen LogP contribution is -2.55. The van der Waals surface area contributed by atoms with Gasteiger partial charge in [-0.3, -0.25) is 4.79 Å². The number of guanidine groups is 1. The van der Waals surface area contributed by atoms with Crippen molar-refractivity contribution in [2.75, 3.05) is 46.4 Å². The number of carbonyl (C=O) groups is 2. The molecule has 0 bridgehead atoms. The van der Waals surface area contributed by atoms with E-state index in [-0.39, 0.29) is 12.0 Å². The topological polar surface area (TPSA) is 96.6 Å². The molecule has 0 spiro atoms. The number of methoxy groups -OCH3 is 1. The molecule has 9 heteroatoms. The first-order chi connectivity index (χ1) is 14.0. The first kappa shape index (κ1) is 21.2. The van der Waals surface area contributed by atoms with Crippen molar-refractivity contribution in [1.82, 2.24) is 15.1 Å². The quantitative estimate of drug-likeness (QED) is 0.445. The number of esters is 1. The number of aliphatic imine (C=N–C) groups is 1. The molecule has 2 saturated heterocycles. The fraction of sp³-hybridized carbons (Fsp3) is 0.650. The zero-order valence-corrected chi connectivity index (χ0v) is 17.4. The number of hydrogen-bond acceptors (Lipinski definition) is 6. The number of nitrogens with one attached hydrogen (secondary N) is 1. The lowest BCUT2D eigenvalue weighted by atomic mass is 10.2. The van der Waals surface area contributed by atoms with Crippen LogP contribution in [0.25, 0.3) is 0 Å².